The van der Waals surface area contributed by atoms with Crippen molar-refractivity contribution in [1.82, 2.24) is 28.9 Å². The zero-order valence-electron chi connectivity index (χ0n) is 16.4. The Morgan fingerprint density at radius 2 is 1.93 bits per heavy atom. The number of carbonyl (C=O) groups is 1. The molecule has 0 saturated carbocycles. The molecule has 0 bridgehead atoms. The topological polar surface area (TPSA) is 115 Å². The fourth-order valence-corrected chi connectivity index (χ4v) is 3.33. The van der Waals surface area contributed by atoms with Gasteiger partial charge in [0.1, 0.15) is 5.82 Å². The van der Waals surface area contributed by atoms with Gasteiger partial charge in [-0.05, 0) is 6.92 Å². The minimum absolute atomic E-state index is 0.295. The summed E-state index contributed by atoms with van der Waals surface area (Å²) in [4.78, 5) is 46.9. The smallest absolute Gasteiger partial charge is 0.409 e. The van der Waals surface area contributed by atoms with E-state index in [4.69, 9.17) is 9.47 Å². The van der Waals surface area contributed by atoms with Crippen molar-refractivity contribution in [3.8, 4) is 0 Å². The van der Waals surface area contributed by atoms with Crippen LogP contribution in [0.15, 0.2) is 9.59 Å². The zero-order chi connectivity index (χ0) is 20.3. The summed E-state index contributed by atoms with van der Waals surface area (Å²) < 4.78 is 13.3. The maximum atomic E-state index is 12.4. The number of rotatable bonds is 6. The lowest BCUT2D eigenvalue weighted by atomic mass is 10.3. The highest BCUT2D eigenvalue weighted by atomic mass is 16.6. The van der Waals surface area contributed by atoms with Gasteiger partial charge in [-0.2, -0.15) is 0 Å². The Morgan fingerprint density at radius 1 is 1.21 bits per heavy atom. The highest BCUT2D eigenvalue weighted by molar-refractivity contribution is 5.71. The molecule has 3 rings (SSSR count). The molecule has 2 aromatic rings. The van der Waals surface area contributed by atoms with Crippen LogP contribution in [0.2, 0.25) is 0 Å². The predicted molar refractivity (Wildman–Crippen MR) is 101 cm³/mol. The summed E-state index contributed by atoms with van der Waals surface area (Å²) in [6, 6.07) is 0. The standard InChI is InChI=1S/C17H26N6O5/c1-4-28-17(26)22-7-5-21(6-8-22)11-12-18-14-13(23(12)9-10-27-3)15(24)19-16(25)20(14)2/h4-11H2,1-3H3,(H,19,24,25). The number of piperazine rings is 1. The van der Waals surface area contributed by atoms with E-state index in [1.54, 1.807) is 30.5 Å². The SMILES string of the molecule is CCOC(=O)N1CCN(Cc2nc3c(c(=O)[nH]c(=O)n3C)n2CCOC)CC1. The van der Waals surface area contributed by atoms with Crippen LogP contribution in [-0.4, -0.2) is 81.5 Å². The first-order valence-corrected chi connectivity index (χ1v) is 9.27. The van der Waals surface area contributed by atoms with E-state index in [1.807, 2.05) is 0 Å². The van der Waals surface area contributed by atoms with E-state index < -0.39 is 11.2 Å². The molecule has 11 heteroatoms. The number of aryl methyl sites for hydroxylation is 1. The van der Waals surface area contributed by atoms with Gasteiger partial charge >= 0.3 is 11.8 Å². The Bertz CT molecular complexity index is 953. The third-order valence-corrected chi connectivity index (χ3v) is 4.87. The number of amides is 1. The normalized spacial score (nSPS) is 15.3. The number of carbonyl (C=O) groups excluding carboxylic acids is 1. The summed E-state index contributed by atoms with van der Waals surface area (Å²) in [5, 5.41) is 0. The molecule has 11 nitrogen and oxygen atoms in total. The van der Waals surface area contributed by atoms with E-state index in [9.17, 15) is 14.4 Å². The Hall–Kier alpha value is -2.66. The largest absolute Gasteiger partial charge is 0.450 e. The zero-order valence-corrected chi connectivity index (χ0v) is 16.4. The summed E-state index contributed by atoms with van der Waals surface area (Å²) in [5.74, 6) is 0.684. The molecule has 1 aliphatic rings. The van der Waals surface area contributed by atoms with Gasteiger partial charge in [-0.1, -0.05) is 0 Å². The summed E-state index contributed by atoms with van der Waals surface area (Å²) >= 11 is 0. The fraction of sp³-hybridized carbons (Fsp3) is 0.647. The van der Waals surface area contributed by atoms with Crippen LogP contribution in [0.1, 0.15) is 12.7 Å². The highest BCUT2D eigenvalue weighted by Crippen LogP contribution is 2.14. The van der Waals surface area contributed by atoms with E-state index in [2.05, 4.69) is 14.9 Å². The van der Waals surface area contributed by atoms with Crippen molar-refractivity contribution in [2.45, 2.75) is 20.0 Å². The second-order valence-corrected chi connectivity index (χ2v) is 6.63. The van der Waals surface area contributed by atoms with Gasteiger partial charge in [0.05, 0.1) is 19.8 Å². The van der Waals surface area contributed by atoms with Crippen molar-refractivity contribution in [3.63, 3.8) is 0 Å². The number of nitrogens with one attached hydrogen (secondary N) is 1. The number of H-pyrrole nitrogens is 1. The number of aromatic nitrogens is 4. The van der Waals surface area contributed by atoms with Crippen LogP contribution in [0.3, 0.4) is 0 Å². The van der Waals surface area contributed by atoms with Crippen LogP contribution in [0, 0.1) is 0 Å². The summed E-state index contributed by atoms with van der Waals surface area (Å²) in [6.45, 7) is 5.98. The van der Waals surface area contributed by atoms with Crippen LogP contribution < -0.4 is 11.2 Å². The van der Waals surface area contributed by atoms with Crippen molar-refractivity contribution < 1.29 is 14.3 Å². The molecule has 2 aromatic heterocycles. The van der Waals surface area contributed by atoms with Crippen molar-refractivity contribution in [3.05, 3.63) is 26.7 Å². The van der Waals surface area contributed by atoms with Crippen LogP contribution in [-0.2, 0) is 29.6 Å². The average molecular weight is 394 g/mol. The summed E-state index contributed by atoms with van der Waals surface area (Å²) in [6.07, 6.45) is -0.295. The minimum Gasteiger partial charge on any atom is -0.450 e. The molecule has 28 heavy (non-hydrogen) atoms. The Labute approximate surface area is 161 Å². The van der Waals surface area contributed by atoms with Crippen molar-refractivity contribution in [2.75, 3.05) is 46.5 Å². The first-order chi connectivity index (χ1) is 13.5. The molecule has 1 amide bonds. The number of aromatic amines is 1. The van der Waals surface area contributed by atoms with E-state index in [1.165, 1.54) is 4.57 Å². The fourth-order valence-electron chi connectivity index (χ4n) is 3.33. The molecule has 154 valence electrons. The molecule has 0 unspecified atom stereocenters. The van der Waals surface area contributed by atoms with E-state index >= 15 is 0 Å². The quantitative estimate of drug-likeness (QED) is 0.692. The van der Waals surface area contributed by atoms with Gasteiger partial charge in [0.2, 0.25) is 0 Å². The molecule has 0 spiro atoms. The van der Waals surface area contributed by atoms with Gasteiger partial charge in [-0.25, -0.2) is 14.6 Å². The van der Waals surface area contributed by atoms with E-state index in [0.717, 1.165) is 0 Å². The number of hydrogen-bond acceptors (Lipinski definition) is 7. The average Bonchev–Trinajstić information content (AvgIpc) is 3.04. The molecule has 0 aliphatic carbocycles. The number of methoxy groups -OCH3 is 1. The van der Waals surface area contributed by atoms with Gasteiger partial charge in [0, 0.05) is 46.9 Å². The molecule has 0 radical (unpaired) electrons. The van der Waals surface area contributed by atoms with Crippen molar-refractivity contribution in [2.24, 2.45) is 7.05 Å². The number of imidazole rings is 1. The minimum atomic E-state index is -0.497. The second kappa shape index (κ2) is 8.57. The Morgan fingerprint density at radius 3 is 2.57 bits per heavy atom. The predicted octanol–water partition coefficient (Wildman–Crippen LogP) is -0.656. The lowest BCUT2D eigenvalue weighted by Crippen LogP contribution is -2.48. The molecule has 1 saturated heterocycles. The maximum Gasteiger partial charge on any atom is 0.409 e. The highest BCUT2D eigenvalue weighted by Gasteiger charge is 2.24. The van der Waals surface area contributed by atoms with Crippen LogP contribution in [0.5, 0.6) is 0 Å². The van der Waals surface area contributed by atoms with Crippen molar-refractivity contribution >= 4 is 17.3 Å². The van der Waals surface area contributed by atoms with Crippen LogP contribution in [0.25, 0.3) is 11.2 Å². The second-order valence-electron chi connectivity index (χ2n) is 6.63. The number of fused-ring (bicyclic) bond motifs is 1. The maximum absolute atomic E-state index is 12.4. The molecule has 0 atom stereocenters. The van der Waals surface area contributed by atoms with Gasteiger partial charge in [0.25, 0.3) is 5.56 Å². The molecule has 3 heterocycles. The number of ether oxygens (including phenoxy) is 2. The summed E-state index contributed by atoms with van der Waals surface area (Å²) in [7, 11) is 3.17. The number of hydrogen-bond donors (Lipinski definition) is 1. The number of nitrogens with zero attached hydrogens (tertiary/aromatic N) is 5. The van der Waals surface area contributed by atoms with Crippen molar-refractivity contribution in [1.29, 1.82) is 0 Å². The van der Waals surface area contributed by atoms with Gasteiger partial charge in [-0.3, -0.25) is 19.2 Å². The monoisotopic (exact) mass is 394 g/mol. The Kier molecular flexibility index (Phi) is 6.15. The first-order valence-electron chi connectivity index (χ1n) is 9.27. The summed E-state index contributed by atoms with van der Waals surface area (Å²) in [5.41, 5.74) is -0.243. The Balaban J connectivity index is 1.84. The molecule has 1 fully saturated rings. The molecule has 1 N–H and O–H groups in total. The van der Waals surface area contributed by atoms with Crippen LogP contribution in [0.4, 0.5) is 4.79 Å². The molecular weight excluding hydrogens is 368 g/mol. The molecule has 1 aliphatic heterocycles. The lowest BCUT2D eigenvalue weighted by molar-refractivity contribution is 0.0767. The van der Waals surface area contributed by atoms with Crippen LogP contribution >= 0.6 is 0 Å². The molecule has 0 aromatic carbocycles. The third kappa shape index (κ3) is 3.94. The van der Waals surface area contributed by atoms with Gasteiger partial charge in [-0.15, -0.1) is 0 Å². The van der Waals surface area contributed by atoms with E-state index in [0.29, 0.717) is 69.5 Å². The third-order valence-electron chi connectivity index (χ3n) is 4.87. The molecular formula is C17H26N6O5. The lowest BCUT2D eigenvalue weighted by Gasteiger charge is -2.33. The van der Waals surface area contributed by atoms with E-state index in [-0.39, 0.29) is 6.09 Å². The van der Waals surface area contributed by atoms with Gasteiger partial charge in [0.15, 0.2) is 11.2 Å². The first kappa shape index (κ1) is 20.1. The van der Waals surface area contributed by atoms with Gasteiger partial charge < -0.3 is 18.9 Å².